The van der Waals surface area contributed by atoms with Gasteiger partial charge >= 0.3 is 0 Å². The van der Waals surface area contributed by atoms with Gasteiger partial charge in [0.1, 0.15) is 0 Å². The Morgan fingerprint density at radius 2 is 2.21 bits per heavy atom. The Bertz CT molecular complexity index is 420. The highest BCUT2D eigenvalue weighted by atomic mass is 16.3. The van der Waals surface area contributed by atoms with E-state index in [-0.39, 0.29) is 12.5 Å². The lowest BCUT2D eigenvalue weighted by atomic mass is 10.0. The minimum Gasteiger partial charge on any atom is -0.396 e. The Hall–Kier alpha value is -1.39. The number of aliphatic hydroxyl groups is 1. The average Bonchev–Trinajstić information content (AvgIpc) is 2.65. The number of aromatic nitrogens is 2. The fourth-order valence-electron chi connectivity index (χ4n) is 1.57. The van der Waals surface area contributed by atoms with E-state index in [1.54, 1.807) is 0 Å². The van der Waals surface area contributed by atoms with E-state index in [9.17, 15) is 0 Å². The van der Waals surface area contributed by atoms with E-state index in [0.29, 0.717) is 6.54 Å². The Morgan fingerprint density at radius 1 is 1.43 bits per heavy atom. The molecule has 14 heavy (non-hydrogen) atoms. The second-order valence-electron chi connectivity index (χ2n) is 3.27. The molecule has 0 saturated heterocycles. The first kappa shape index (κ1) is 9.18. The third-order valence-electron chi connectivity index (χ3n) is 2.40. The topological polar surface area (TPSA) is 74.9 Å². The summed E-state index contributed by atoms with van der Waals surface area (Å²) in [6.45, 7) is 0.464. The van der Waals surface area contributed by atoms with Crippen molar-refractivity contribution < 1.29 is 5.11 Å². The number of hydrogen-bond acceptors (Lipinski definition) is 3. The zero-order valence-corrected chi connectivity index (χ0v) is 7.77. The normalized spacial score (nSPS) is 13.3. The predicted molar refractivity (Wildman–Crippen MR) is 55.0 cm³/mol. The zero-order chi connectivity index (χ0) is 9.97. The van der Waals surface area contributed by atoms with Gasteiger partial charge in [0, 0.05) is 23.5 Å². The predicted octanol–water partition coefficient (Wildman–Crippen LogP) is 0.597. The van der Waals surface area contributed by atoms with Gasteiger partial charge < -0.3 is 10.8 Å². The molecule has 4 nitrogen and oxygen atoms in total. The van der Waals surface area contributed by atoms with Gasteiger partial charge in [-0.15, -0.1) is 0 Å². The lowest BCUT2D eigenvalue weighted by molar-refractivity contribution is 0.266. The van der Waals surface area contributed by atoms with Crippen LogP contribution in [0.15, 0.2) is 24.3 Å². The van der Waals surface area contributed by atoms with E-state index < -0.39 is 0 Å². The number of aliphatic hydroxyl groups excluding tert-OH is 1. The van der Waals surface area contributed by atoms with Crippen molar-refractivity contribution in [1.82, 2.24) is 10.2 Å². The molecule has 0 aliphatic heterocycles. The molecule has 4 heteroatoms. The summed E-state index contributed by atoms with van der Waals surface area (Å²) in [5.74, 6) is -0.0533. The molecule has 0 amide bonds. The summed E-state index contributed by atoms with van der Waals surface area (Å²) in [6.07, 6.45) is 0. The van der Waals surface area contributed by atoms with Crippen LogP contribution in [0.3, 0.4) is 0 Å². The van der Waals surface area contributed by atoms with Crippen molar-refractivity contribution >= 4 is 10.9 Å². The molecule has 0 fully saturated rings. The van der Waals surface area contributed by atoms with Crippen LogP contribution in [0.2, 0.25) is 0 Å². The summed E-state index contributed by atoms with van der Waals surface area (Å²) in [4.78, 5) is 0. The number of fused-ring (bicyclic) bond motifs is 1. The van der Waals surface area contributed by atoms with E-state index in [2.05, 4.69) is 10.2 Å². The van der Waals surface area contributed by atoms with Crippen LogP contribution in [-0.2, 0) is 0 Å². The van der Waals surface area contributed by atoms with Gasteiger partial charge in [0.2, 0.25) is 0 Å². The minimum atomic E-state index is -0.0533. The second-order valence-corrected chi connectivity index (χ2v) is 3.27. The van der Waals surface area contributed by atoms with Gasteiger partial charge in [-0.2, -0.15) is 5.10 Å². The Morgan fingerprint density at radius 3 is 2.93 bits per heavy atom. The largest absolute Gasteiger partial charge is 0.396 e. The summed E-state index contributed by atoms with van der Waals surface area (Å²) in [6, 6.07) is 7.79. The van der Waals surface area contributed by atoms with Gasteiger partial charge in [0.15, 0.2) is 0 Å². The molecule has 0 radical (unpaired) electrons. The van der Waals surface area contributed by atoms with Crippen LogP contribution in [0.5, 0.6) is 0 Å². The molecule has 2 aromatic rings. The average molecular weight is 191 g/mol. The molecular weight excluding hydrogens is 178 g/mol. The molecule has 1 heterocycles. The zero-order valence-electron chi connectivity index (χ0n) is 7.77. The first-order chi connectivity index (χ1) is 6.86. The Kier molecular flexibility index (Phi) is 2.47. The number of benzene rings is 1. The number of H-pyrrole nitrogens is 1. The van der Waals surface area contributed by atoms with Gasteiger partial charge in [0.25, 0.3) is 0 Å². The Labute approximate surface area is 81.7 Å². The number of hydrogen-bond donors (Lipinski definition) is 3. The monoisotopic (exact) mass is 191 g/mol. The van der Waals surface area contributed by atoms with Crippen molar-refractivity contribution in [2.24, 2.45) is 5.73 Å². The third kappa shape index (κ3) is 1.38. The number of para-hydroxylation sites is 1. The fourth-order valence-corrected chi connectivity index (χ4v) is 1.57. The maximum absolute atomic E-state index is 9.13. The summed E-state index contributed by atoms with van der Waals surface area (Å²) in [7, 11) is 0. The molecular formula is C10H13N3O. The third-order valence-corrected chi connectivity index (χ3v) is 2.40. The van der Waals surface area contributed by atoms with Crippen molar-refractivity contribution in [2.75, 3.05) is 13.2 Å². The summed E-state index contributed by atoms with van der Waals surface area (Å²) in [5.41, 5.74) is 7.39. The minimum absolute atomic E-state index is 0.0443. The van der Waals surface area contributed by atoms with Crippen LogP contribution in [-0.4, -0.2) is 28.5 Å². The van der Waals surface area contributed by atoms with Gasteiger partial charge in [0.05, 0.1) is 12.1 Å². The van der Waals surface area contributed by atoms with E-state index >= 15 is 0 Å². The highest BCUT2D eigenvalue weighted by molar-refractivity contribution is 5.81. The number of nitrogens with two attached hydrogens (primary N) is 1. The highest BCUT2D eigenvalue weighted by Gasteiger charge is 2.13. The molecule has 1 unspecified atom stereocenters. The van der Waals surface area contributed by atoms with E-state index in [0.717, 1.165) is 16.6 Å². The Balaban J connectivity index is 2.51. The van der Waals surface area contributed by atoms with Crippen LogP contribution in [0.4, 0.5) is 0 Å². The number of aromatic amines is 1. The maximum Gasteiger partial charge on any atom is 0.0923 e. The first-order valence-electron chi connectivity index (χ1n) is 4.60. The molecule has 0 aliphatic carbocycles. The van der Waals surface area contributed by atoms with Crippen molar-refractivity contribution in [3.8, 4) is 0 Å². The summed E-state index contributed by atoms with van der Waals surface area (Å²) in [5, 5.41) is 17.2. The van der Waals surface area contributed by atoms with Crippen LogP contribution >= 0.6 is 0 Å². The molecule has 1 aromatic heterocycles. The maximum atomic E-state index is 9.13. The van der Waals surface area contributed by atoms with Crippen LogP contribution in [0.1, 0.15) is 11.6 Å². The molecule has 0 spiro atoms. The molecule has 0 aliphatic rings. The standard InChI is InChI=1S/C10H13N3O/c11-5-7(6-14)10-8-3-1-2-4-9(8)12-13-10/h1-4,7,14H,5-6,11H2,(H,12,13). The molecule has 1 atom stereocenters. The molecule has 2 rings (SSSR count). The SMILES string of the molecule is NCC(CO)c1[nH]nc2ccccc12. The number of rotatable bonds is 3. The van der Waals surface area contributed by atoms with E-state index in [1.807, 2.05) is 24.3 Å². The van der Waals surface area contributed by atoms with Gasteiger partial charge in [-0.1, -0.05) is 18.2 Å². The van der Waals surface area contributed by atoms with Crippen LogP contribution in [0, 0.1) is 0 Å². The molecule has 0 bridgehead atoms. The van der Waals surface area contributed by atoms with Crippen molar-refractivity contribution in [1.29, 1.82) is 0 Å². The smallest absolute Gasteiger partial charge is 0.0923 e. The second kappa shape index (κ2) is 3.77. The quantitative estimate of drug-likeness (QED) is 0.665. The van der Waals surface area contributed by atoms with Gasteiger partial charge in [-0.25, -0.2) is 0 Å². The van der Waals surface area contributed by atoms with Gasteiger partial charge in [-0.3, -0.25) is 5.10 Å². The molecule has 4 N–H and O–H groups in total. The van der Waals surface area contributed by atoms with E-state index in [4.69, 9.17) is 10.8 Å². The lowest BCUT2D eigenvalue weighted by Crippen LogP contribution is -2.16. The van der Waals surface area contributed by atoms with E-state index in [1.165, 1.54) is 0 Å². The van der Waals surface area contributed by atoms with Crippen LogP contribution in [0.25, 0.3) is 10.9 Å². The molecule has 0 saturated carbocycles. The number of nitrogens with one attached hydrogen (secondary N) is 1. The van der Waals surface area contributed by atoms with Crippen molar-refractivity contribution in [3.05, 3.63) is 30.0 Å². The van der Waals surface area contributed by atoms with Crippen molar-refractivity contribution in [3.63, 3.8) is 0 Å². The summed E-state index contributed by atoms with van der Waals surface area (Å²) < 4.78 is 0. The lowest BCUT2D eigenvalue weighted by Gasteiger charge is -2.08. The first-order valence-corrected chi connectivity index (χ1v) is 4.60. The fraction of sp³-hybridized carbons (Fsp3) is 0.300. The summed E-state index contributed by atoms with van der Waals surface area (Å²) >= 11 is 0. The molecule has 1 aromatic carbocycles. The van der Waals surface area contributed by atoms with Gasteiger partial charge in [-0.05, 0) is 6.07 Å². The number of nitrogens with zero attached hydrogens (tertiary/aromatic N) is 1. The van der Waals surface area contributed by atoms with Crippen LogP contribution < -0.4 is 5.73 Å². The molecule has 74 valence electrons. The van der Waals surface area contributed by atoms with Crippen molar-refractivity contribution in [2.45, 2.75) is 5.92 Å². The highest BCUT2D eigenvalue weighted by Crippen LogP contribution is 2.21.